The summed E-state index contributed by atoms with van der Waals surface area (Å²) in [4.78, 5) is 15.7. The maximum atomic E-state index is 11.4. The summed E-state index contributed by atoms with van der Waals surface area (Å²) >= 11 is 0. The number of carbonyl (C=O) groups excluding carboxylic acids is 1. The zero-order valence-corrected chi connectivity index (χ0v) is 9.94. The summed E-state index contributed by atoms with van der Waals surface area (Å²) in [6.45, 7) is 9.50. The van der Waals surface area contributed by atoms with E-state index in [2.05, 4.69) is 10.1 Å². The summed E-state index contributed by atoms with van der Waals surface area (Å²) in [6, 6.07) is 0. The molecule has 0 saturated heterocycles. The van der Waals surface area contributed by atoms with Crippen molar-refractivity contribution < 1.29 is 9.32 Å². The van der Waals surface area contributed by atoms with Gasteiger partial charge in [-0.15, -0.1) is 0 Å². The van der Waals surface area contributed by atoms with Gasteiger partial charge in [-0.2, -0.15) is 4.98 Å². The van der Waals surface area contributed by atoms with E-state index in [9.17, 15) is 4.79 Å². The maximum absolute atomic E-state index is 11.4. The Bertz CT molecular complexity index is 342. The molecule has 4 nitrogen and oxygen atoms in total. The van der Waals surface area contributed by atoms with E-state index in [1.165, 1.54) is 0 Å². The lowest BCUT2D eigenvalue weighted by molar-refractivity contribution is -0.119. The zero-order valence-electron chi connectivity index (χ0n) is 9.94. The smallest absolute Gasteiger partial charge is 0.237 e. The molecule has 0 radical (unpaired) electrons. The van der Waals surface area contributed by atoms with Gasteiger partial charge in [0.05, 0.1) is 5.92 Å². The van der Waals surface area contributed by atoms with E-state index in [-0.39, 0.29) is 23.5 Å². The molecule has 4 heteroatoms. The van der Waals surface area contributed by atoms with Gasteiger partial charge in [0.15, 0.2) is 5.82 Å². The molecule has 0 aliphatic rings. The molecular weight excluding hydrogens is 192 g/mol. The summed E-state index contributed by atoms with van der Waals surface area (Å²) in [7, 11) is 0. The highest BCUT2D eigenvalue weighted by Gasteiger charge is 2.27. The summed E-state index contributed by atoms with van der Waals surface area (Å²) in [5.74, 6) is 1.32. The highest BCUT2D eigenvalue weighted by Crippen LogP contribution is 2.25. The SMILES string of the molecule is CC(=O)C(c1nc(C(C)C)no1)C(C)C. The lowest BCUT2D eigenvalue weighted by atomic mass is 9.92. The van der Waals surface area contributed by atoms with Crippen LogP contribution in [0.4, 0.5) is 0 Å². The van der Waals surface area contributed by atoms with E-state index in [1.54, 1.807) is 6.92 Å². The first-order valence-corrected chi connectivity index (χ1v) is 5.27. The average Bonchev–Trinajstić information content (AvgIpc) is 2.51. The molecule has 0 aliphatic heterocycles. The Labute approximate surface area is 90.1 Å². The second-order valence-corrected chi connectivity index (χ2v) is 4.48. The minimum atomic E-state index is -0.273. The van der Waals surface area contributed by atoms with Crippen LogP contribution in [0.3, 0.4) is 0 Å². The van der Waals surface area contributed by atoms with Crippen LogP contribution in [-0.4, -0.2) is 15.9 Å². The van der Waals surface area contributed by atoms with Crippen molar-refractivity contribution in [2.45, 2.75) is 46.5 Å². The molecule has 0 fully saturated rings. The van der Waals surface area contributed by atoms with Gasteiger partial charge in [0.2, 0.25) is 5.89 Å². The quantitative estimate of drug-likeness (QED) is 0.766. The van der Waals surface area contributed by atoms with Crippen LogP contribution in [0.2, 0.25) is 0 Å². The van der Waals surface area contributed by atoms with Crippen molar-refractivity contribution in [2.75, 3.05) is 0 Å². The van der Waals surface area contributed by atoms with Crippen LogP contribution in [0.15, 0.2) is 4.52 Å². The van der Waals surface area contributed by atoms with Crippen LogP contribution in [0.25, 0.3) is 0 Å². The molecule has 0 aromatic carbocycles. The number of hydrogen-bond donors (Lipinski definition) is 0. The average molecular weight is 210 g/mol. The molecule has 84 valence electrons. The molecule has 0 amide bonds. The van der Waals surface area contributed by atoms with Gasteiger partial charge in [-0.3, -0.25) is 4.79 Å². The Morgan fingerprint density at radius 1 is 1.27 bits per heavy atom. The number of carbonyl (C=O) groups is 1. The van der Waals surface area contributed by atoms with Crippen molar-refractivity contribution in [1.82, 2.24) is 10.1 Å². The molecule has 0 saturated carbocycles. The summed E-state index contributed by atoms with van der Waals surface area (Å²) in [5, 5.41) is 3.86. The Balaban J connectivity index is 2.97. The standard InChI is InChI=1S/C11H18N2O2/c1-6(2)9(8(5)14)11-12-10(7(3)4)13-15-11/h6-7,9H,1-5H3. The molecular formula is C11H18N2O2. The number of aromatic nitrogens is 2. The largest absolute Gasteiger partial charge is 0.339 e. The third kappa shape index (κ3) is 2.64. The number of nitrogens with zero attached hydrogens (tertiary/aromatic N) is 2. The predicted molar refractivity (Wildman–Crippen MR) is 56.6 cm³/mol. The molecule has 15 heavy (non-hydrogen) atoms. The van der Waals surface area contributed by atoms with Crippen molar-refractivity contribution in [2.24, 2.45) is 5.92 Å². The molecule has 0 aliphatic carbocycles. The highest BCUT2D eigenvalue weighted by atomic mass is 16.5. The molecule has 1 atom stereocenters. The summed E-state index contributed by atoms with van der Waals surface area (Å²) in [5.41, 5.74) is 0. The first kappa shape index (κ1) is 11.9. The third-order valence-electron chi connectivity index (χ3n) is 2.34. The van der Waals surface area contributed by atoms with Gasteiger partial charge in [0.1, 0.15) is 5.78 Å². The Morgan fingerprint density at radius 3 is 2.20 bits per heavy atom. The minimum absolute atomic E-state index is 0.0731. The third-order valence-corrected chi connectivity index (χ3v) is 2.34. The van der Waals surface area contributed by atoms with Gasteiger partial charge < -0.3 is 4.52 Å². The van der Waals surface area contributed by atoms with Crippen LogP contribution in [0.5, 0.6) is 0 Å². The highest BCUT2D eigenvalue weighted by molar-refractivity contribution is 5.82. The Morgan fingerprint density at radius 2 is 1.87 bits per heavy atom. The first-order chi connectivity index (χ1) is 6.93. The van der Waals surface area contributed by atoms with Crippen LogP contribution in [0.1, 0.15) is 58.2 Å². The predicted octanol–water partition coefficient (Wildman–Crippen LogP) is 2.52. The second-order valence-electron chi connectivity index (χ2n) is 4.48. The Hall–Kier alpha value is -1.19. The fourth-order valence-corrected chi connectivity index (χ4v) is 1.54. The fourth-order valence-electron chi connectivity index (χ4n) is 1.54. The van der Waals surface area contributed by atoms with E-state index in [0.717, 1.165) is 0 Å². The lowest BCUT2D eigenvalue weighted by Gasteiger charge is -2.12. The van der Waals surface area contributed by atoms with Crippen LogP contribution < -0.4 is 0 Å². The van der Waals surface area contributed by atoms with E-state index in [4.69, 9.17) is 4.52 Å². The number of rotatable bonds is 4. The maximum Gasteiger partial charge on any atom is 0.237 e. The van der Waals surface area contributed by atoms with Crippen LogP contribution in [0, 0.1) is 5.92 Å². The van der Waals surface area contributed by atoms with Crippen LogP contribution in [-0.2, 0) is 4.79 Å². The molecule has 1 unspecified atom stereocenters. The molecule has 1 rings (SSSR count). The fraction of sp³-hybridized carbons (Fsp3) is 0.727. The minimum Gasteiger partial charge on any atom is -0.339 e. The van der Waals surface area contributed by atoms with Gasteiger partial charge in [-0.25, -0.2) is 0 Å². The second kappa shape index (κ2) is 4.55. The number of Topliss-reactive ketones (excluding diaryl/α,β-unsaturated/α-hetero) is 1. The summed E-state index contributed by atoms with van der Waals surface area (Å²) < 4.78 is 5.13. The lowest BCUT2D eigenvalue weighted by Crippen LogP contribution is -2.15. The molecule has 1 aromatic heterocycles. The topological polar surface area (TPSA) is 56.0 Å². The van der Waals surface area contributed by atoms with Crippen molar-refractivity contribution in [3.8, 4) is 0 Å². The molecule has 1 heterocycles. The first-order valence-electron chi connectivity index (χ1n) is 5.27. The van der Waals surface area contributed by atoms with E-state index >= 15 is 0 Å². The summed E-state index contributed by atoms with van der Waals surface area (Å²) in [6.07, 6.45) is 0. The van der Waals surface area contributed by atoms with Gasteiger partial charge in [0, 0.05) is 5.92 Å². The molecule has 0 N–H and O–H groups in total. The van der Waals surface area contributed by atoms with Crippen molar-refractivity contribution in [1.29, 1.82) is 0 Å². The van der Waals surface area contributed by atoms with Gasteiger partial charge in [-0.1, -0.05) is 32.9 Å². The molecule has 0 bridgehead atoms. The van der Waals surface area contributed by atoms with Gasteiger partial charge in [-0.05, 0) is 12.8 Å². The Kier molecular flexibility index (Phi) is 3.61. The van der Waals surface area contributed by atoms with E-state index in [1.807, 2.05) is 27.7 Å². The monoisotopic (exact) mass is 210 g/mol. The van der Waals surface area contributed by atoms with Crippen molar-refractivity contribution in [3.05, 3.63) is 11.7 Å². The molecule has 1 aromatic rings. The van der Waals surface area contributed by atoms with Crippen molar-refractivity contribution >= 4 is 5.78 Å². The van der Waals surface area contributed by atoms with E-state index in [0.29, 0.717) is 11.7 Å². The van der Waals surface area contributed by atoms with E-state index < -0.39 is 0 Å². The molecule has 0 spiro atoms. The van der Waals surface area contributed by atoms with Crippen LogP contribution >= 0.6 is 0 Å². The normalized spacial score (nSPS) is 13.5. The number of ketones is 1. The zero-order chi connectivity index (χ0) is 11.6. The van der Waals surface area contributed by atoms with Gasteiger partial charge >= 0.3 is 0 Å². The van der Waals surface area contributed by atoms with Gasteiger partial charge in [0.25, 0.3) is 0 Å². The number of hydrogen-bond acceptors (Lipinski definition) is 4. The van der Waals surface area contributed by atoms with Crippen molar-refractivity contribution in [3.63, 3.8) is 0 Å².